The first-order chi connectivity index (χ1) is 21.1. The van der Waals surface area contributed by atoms with Crippen LogP contribution < -0.4 is 20.1 Å². The monoisotopic (exact) mass is 600 g/mol. The molecule has 3 aromatic rings. The van der Waals surface area contributed by atoms with E-state index in [4.69, 9.17) is 9.47 Å². The van der Waals surface area contributed by atoms with Gasteiger partial charge >= 0.3 is 0 Å². The van der Waals surface area contributed by atoms with Gasteiger partial charge in [-0.05, 0) is 75.1 Å². The molecule has 1 fully saturated rings. The summed E-state index contributed by atoms with van der Waals surface area (Å²) in [6, 6.07) is 19.9. The van der Waals surface area contributed by atoms with Crippen LogP contribution in [0.2, 0.25) is 0 Å². The van der Waals surface area contributed by atoms with Crippen molar-refractivity contribution < 1.29 is 29.0 Å². The van der Waals surface area contributed by atoms with Crippen molar-refractivity contribution in [3.8, 4) is 11.5 Å². The van der Waals surface area contributed by atoms with Crippen LogP contribution in [0.25, 0.3) is 0 Å². The van der Waals surface area contributed by atoms with Crippen LogP contribution in [0.5, 0.6) is 11.5 Å². The Hall–Kier alpha value is -4.17. The molecule has 1 aliphatic rings. The molecule has 1 saturated carbocycles. The van der Waals surface area contributed by atoms with Gasteiger partial charge in [0.1, 0.15) is 11.7 Å². The summed E-state index contributed by atoms with van der Waals surface area (Å²) in [6.07, 6.45) is 2.65. The largest absolute Gasteiger partial charge is 0.490 e. The number of aliphatic hydroxyl groups is 1. The second-order valence-corrected chi connectivity index (χ2v) is 11.8. The van der Waals surface area contributed by atoms with Gasteiger partial charge in [0.05, 0.1) is 24.7 Å². The van der Waals surface area contributed by atoms with Gasteiger partial charge in [-0.15, -0.1) is 0 Å². The zero-order valence-corrected chi connectivity index (χ0v) is 26.3. The Morgan fingerprint density at radius 2 is 1.48 bits per heavy atom. The average molecular weight is 601 g/mol. The van der Waals surface area contributed by atoms with Crippen LogP contribution in [0, 0.1) is 25.7 Å². The van der Waals surface area contributed by atoms with Crippen molar-refractivity contribution in [2.24, 2.45) is 11.8 Å². The number of ether oxygens (including phenoxy) is 2. The standard InChI is InChI=1S/C36H44N2O6/c1-6-8-13-20-44-29-19-18-25(21-30(29)43-7-2)31-32(34(40)37-26-16-11-9-14-23(26)3)28(39)22-36(5,42)33(31)35(41)38-27-17-12-10-15-24(27)4/h9-12,14-19,21,31-33,42H,6-8,13,20,22H2,1-5H3,(H,37,40)(H,38,41). The van der Waals surface area contributed by atoms with E-state index in [9.17, 15) is 19.5 Å². The second kappa shape index (κ2) is 14.5. The number of hydrogen-bond acceptors (Lipinski definition) is 6. The molecule has 0 aromatic heterocycles. The molecule has 234 valence electrons. The van der Waals surface area contributed by atoms with E-state index in [1.165, 1.54) is 6.92 Å². The lowest BCUT2D eigenvalue weighted by molar-refractivity contribution is -0.150. The topological polar surface area (TPSA) is 114 Å². The number of para-hydroxylation sites is 2. The van der Waals surface area contributed by atoms with Crippen LogP contribution in [0.3, 0.4) is 0 Å². The molecule has 4 rings (SSSR count). The summed E-state index contributed by atoms with van der Waals surface area (Å²) >= 11 is 0. The van der Waals surface area contributed by atoms with Gasteiger partial charge in [0, 0.05) is 23.7 Å². The number of benzene rings is 3. The summed E-state index contributed by atoms with van der Waals surface area (Å²) in [4.78, 5) is 41.9. The first kappa shape index (κ1) is 32.7. The third-order valence-electron chi connectivity index (χ3n) is 8.30. The number of hydrogen-bond donors (Lipinski definition) is 3. The fraction of sp³-hybridized carbons (Fsp3) is 0.417. The number of carbonyl (C=O) groups excluding carboxylic acids is 3. The molecule has 0 radical (unpaired) electrons. The Labute approximate surface area is 260 Å². The van der Waals surface area contributed by atoms with Crippen LogP contribution >= 0.6 is 0 Å². The summed E-state index contributed by atoms with van der Waals surface area (Å²) in [7, 11) is 0. The number of ketones is 1. The molecular formula is C36H44N2O6. The minimum Gasteiger partial charge on any atom is -0.490 e. The van der Waals surface area contributed by atoms with E-state index < -0.39 is 41.0 Å². The molecule has 44 heavy (non-hydrogen) atoms. The van der Waals surface area contributed by atoms with Gasteiger partial charge in [-0.25, -0.2) is 0 Å². The number of aryl methyl sites for hydroxylation is 2. The second-order valence-electron chi connectivity index (χ2n) is 11.8. The van der Waals surface area contributed by atoms with Crippen molar-refractivity contribution in [3.63, 3.8) is 0 Å². The van der Waals surface area contributed by atoms with Crippen molar-refractivity contribution >= 4 is 29.0 Å². The molecule has 3 N–H and O–H groups in total. The number of anilines is 2. The van der Waals surface area contributed by atoms with Crippen LogP contribution in [-0.2, 0) is 14.4 Å². The predicted molar refractivity (Wildman–Crippen MR) is 172 cm³/mol. The van der Waals surface area contributed by atoms with Crippen molar-refractivity contribution in [2.75, 3.05) is 23.8 Å². The van der Waals surface area contributed by atoms with Gasteiger partial charge in [0.15, 0.2) is 11.5 Å². The Balaban J connectivity index is 1.81. The van der Waals surface area contributed by atoms with Gasteiger partial charge in [0.2, 0.25) is 11.8 Å². The summed E-state index contributed by atoms with van der Waals surface area (Å²) in [5, 5.41) is 17.6. The smallest absolute Gasteiger partial charge is 0.235 e. The number of carbonyl (C=O) groups is 3. The number of rotatable bonds is 12. The number of unbranched alkanes of at least 4 members (excludes halogenated alkanes) is 2. The number of nitrogens with one attached hydrogen (secondary N) is 2. The van der Waals surface area contributed by atoms with Crippen LogP contribution in [0.15, 0.2) is 66.7 Å². The normalized spacial score (nSPS) is 21.4. The van der Waals surface area contributed by atoms with Gasteiger partial charge in [0.25, 0.3) is 0 Å². The Kier molecular flexibility index (Phi) is 10.8. The molecule has 0 spiro atoms. The average Bonchev–Trinajstić information content (AvgIpc) is 2.97. The van der Waals surface area contributed by atoms with Crippen LogP contribution in [-0.4, -0.2) is 41.5 Å². The Bertz CT molecular complexity index is 1480. The molecule has 8 nitrogen and oxygen atoms in total. The minimum absolute atomic E-state index is 0.349. The van der Waals surface area contributed by atoms with E-state index in [0.717, 1.165) is 30.4 Å². The molecule has 1 aliphatic carbocycles. The molecule has 4 atom stereocenters. The number of amides is 2. The fourth-order valence-corrected chi connectivity index (χ4v) is 5.99. The Morgan fingerprint density at radius 3 is 2.07 bits per heavy atom. The fourth-order valence-electron chi connectivity index (χ4n) is 5.99. The molecular weight excluding hydrogens is 556 g/mol. The first-order valence-electron chi connectivity index (χ1n) is 15.4. The molecule has 0 aliphatic heterocycles. The van der Waals surface area contributed by atoms with E-state index in [2.05, 4.69) is 17.6 Å². The first-order valence-corrected chi connectivity index (χ1v) is 15.4. The maximum absolute atomic E-state index is 14.1. The highest BCUT2D eigenvalue weighted by Crippen LogP contribution is 2.48. The molecule has 0 heterocycles. The van der Waals surface area contributed by atoms with Crippen molar-refractivity contribution in [3.05, 3.63) is 83.4 Å². The highest BCUT2D eigenvalue weighted by atomic mass is 16.5. The SMILES string of the molecule is CCCCCOc1ccc(C2C(C(=O)Nc3ccccc3C)C(=O)CC(C)(O)C2C(=O)Nc2ccccc2C)cc1OCC. The lowest BCUT2D eigenvalue weighted by Crippen LogP contribution is -2.56. The van der Waals surface area contributed by atoms with E-state index in [-0.39, 0.29) is 6.42 Å². The maximum Gasteiger partial charge on any atom is 0.235 e. The Morgan fingerprint density at radius 1 is 0.864 bits per heavy atom. The molecule has 4 unspecified atom stereocenters. The van der Waals surface area contributed by atoms with Crippen molar-refractivity contribution in [2.45, 2.75) is 71.8 Å². The van der Waals surface area contributed by atoms with E-state index in [1.807, 2.05) is 51.1 Å². The molecule has 2 amide bonds. The lowest BCUT2D eigenvalue weighted by Gasteiger charge is -2.44. The zero-order valence-electron chi connectivity index (χ0n) is 26.3. The third-order valence-corrected chi connectivity index (χ3v) is 8.30. The predicted octanol–water partition coefficient (Wildman–Crippen LogP) is 6.59. The van der Waals surface area contributed by atoms with Gasteiger partial charge in [-0.3, -0.25) is 14.4 Å². The maximum atomic E-state index is 14.1. The highest BCUT2D eigenvalue weighted by molar-refractivity contribution is 6.10. The third kappa shape index (κ3) is 7.48. The summed E-state index contributed by atoms with van der Waals surface area (Å²) < 4.78 is 12.0. The molecule has 8 heteroatoms. The summed E-state index contributed by atoms with van der Waals surface area (Å²) in [6.45, 7) is 10.1. The van der Waals surface area contributed by atoms with Crippen molar-refractivity contribution in [1.82, 2.24) is 0 Å². The lowest BCUT2D eigenvalue weighted by atomic mass is 9.61. The van der Waals surface area contributed by atoms with Crippen LogP contribution in [0.4, 0.5) is 11.4 Å². The summed E-state index contributed by atoms with van der Waals surface area (Å²) in [5.74, 6) is -3.83. The number of Topliss-reactive ketones (excluding diaryl/α,β-unsaturated/α-hetero) is 1. The van der Waals surface area contributed by atoms with Gasteiger partial charge < -0.3 is 25.2 Å². The summed E-state index contributed by atoms with van der Waals surface area (Å²) in [5.41, 5.74) is 1.65. The van der Waals surface area contributed by atoms with Gasteiger partial charge in [-0.2, -0.15) is 0 Å². The zero-order chi connectivity index (χ0) is 31.9. The van der Waals surface area contributed by atoms with E-state index in [1.54, 1.807) is 36.4 Å². The van der Waals surface area contributed by atoms with E-state index in [0.29, 0.717) is 41.7 Å². The van der Waals surface area contributed by atoms with Crippen molar-refractivity contribution in [1.29, 1.82) is 0 Å². The quantitative estimate of drug-likeness (QED) is 0.160. The highest BCUT2D eigenvalue weighted by Gasteiger charge is 2.56. The molecule has 0 saturated heterocycles. The van der Waals surface area contributed by atoms with Gasteiger partial charge in [-0.1, -0.05) is 62.2 Å². The minimum atomic E-state index is -1.73. The molecule has 0 bridgehead atoms. The van der Waals surface area contributed by atoms with Crippen LogP contribution in [0.1, 0.15) is 69.1 Å². The molecule has 3 aromatic carbocycles. The van der Waals surface area contributed by atoms with E-state index >= 15 is 0 Å².